The van der Waals surface area contributed by atoms with E-state index in [1.807, 2.05) is 18.2 Å². The van der Waals surface area contributed by atoms with Gasteiger partial charge in [0, 0.05) is 31.9 Å². The van der Waals surface area contributed by atoms with Gasteiger partial charge in [0.15, 0.2) is 0 Å². The summed E-state index contributed by atoms with van der Waals surface area (Å²) < 4.78 is 0. The third-order valence-corrected chi connectivity index (χ3v) is 6.81. The molecule has 2 aliphatic rings. The lowest BCUT2D eigenvalue weighted by atomic mass is 9.87. The molecule has 1 aliphatic heterocycles. The Hall–Kier alpha value is -2.86. The molecule has 1 saturated heterocycles. The van der Waals surface area contributed by atoms with Crippen LogP contribution in [0.5, 0.6) is 5.75 Å². The molecule has 0 unspecified atom stereocenters. The van der Waals surface area contributed by atoms with Gasteiger partial charge in [0.2, 0.25) is 11.8 Å². The van der Waals surface area contributed by atoms with Gasteiger partial charge in [-0.1, -0.05) is 31.5 Å². The van der Waals surface area contributed by atoms with Crippen molar-refractivity contribution in [1.82, 2.24) is 10.2 Å². The van der Waals surface area contributed by atoms with Crippen molar-refractivity contribution in [3.8, 4) is 5.75 Å². The van der Waals surface area contributed by atoms with Gasteiger partial charge in [0.1, 0.15) is 5.75 Å². The van der Waals surface area contributed by atoms with Gasteiger partial charge in [0.05, 0.1) is 11.8 Å². The van der Waals surface area contributed by atoms with Crippen molar-refractivity contribution in [2.75, 3.05) is 25.0 Å². The van der Waals surface area contributed by atoms with Crippen LogP contribution in [0.25, 0.3) is 0 Å². The summed E-state index contributed by atoms with van der Waals surface area (Å²) in [6.45, 7) is 4.65. The van der Waals surface area contributed by atoms with E-state index < -0.39 is 0 Å². The number of rotatable bonds is 8. The predicted octanol–water partition coefficient (Wildman–Crippen LogP) is 3.87. The standard InChI is InChI=1S/C27H35N3O3/c1-2-3-13-28-26(32)22-14-23(18-30(17-22)16-19-7-11-25(31)12-8-19)27(33)29-24-10-9-20-5-4-6-21(20)15-24/h7-12,15,22-23,31H,2-6,13-14,16-18H2,1H3,(H,28,32)(H,29,33)/t22-,23+/m0/s1. The van der Waals surface area contributed by atoms with E-state index in [-0.39, 0.29) is 29.4 Å². The molecule has 3 N–H and O–H groups in total. The molecule has 176 valence electrons. The van der Waals surface area contributed by atoms with Crippen LogP contribution in [-0.4, -0.2) is 41.5 Å². The second-order valence-corrected chi connectivity index (χ2v) is 9.46. The van der Waals surface area contributed by atoms with Crippen molar-refractivity contribution in [3.05, 3.63) is 59.2 Å². The number of amides is 2. The molecule has 2 aromatic rings. The molecule has 0 radical (unpaired) electrons. The first kappa shape index (κ1) is 23.3. The Morgan fingerprint density at radius 3 is 2.48 bits per heavy atom. The zero-order chi connectivity index (χ0) is 23.2. The fourth-order valence-corrected chi connectivity index (χ4v) is 4.99. The van der Waals surface area contributed by atoms with Crippen molar-refractivity contribution in [3.63, 3.8) is 0 Å². The number of phenols is 1. The Kier molecular flexibility index (Phi) is 7.65. The fourth-order valence-electron chi connectivity index (χ4n) is 4.99. The van der Waals surface area contributed by atoms with Crippen LogP contribution in [0, 0.1) is 11.8 Å². The van der Waals surface area contributed by atoms with Crippen molar-refractivity contribution in [1.29, 1.82) is 0 Å². The van der Waals surface area contributed by atoms with Crippen molar-refractivity contribution in [2.45, 2.75) is 52.0 Å². The molecule has 6 heteroatoms. The van der Waals surface area contributed by atoms with Gasteiger partial charge >= 0.3 is 0 Å². The summed E-state index contributed by atoms with van der Waals surface area (Å²) in [6, 6.07) is 13.3. The molecule has 2 atom stereocenters. The van der Waals surface area contributed by atoms with Gasteiger partial charge in [0.25, 0.3) is 0 Å². The number of phenolic OH excluding ortho intramolecular Hbond substituents is 1. The maximum atomic E-state index is 13.2. The van der Waals surface area contributed by atoms with Gasteiger partial charge in [-0.05, 0) is 73.1 Å². The lowest BCUT2D eigenvalue weighted by Crippen LogP contribution is -2.49. The number of aryl methyl sites for hydroxylation is 2. The van der Waals surface area contributed by atoms with Crippen LogP contribution in [0.1, 0.15) is 49.3 Å². The largest absolute Gasteiger partial charge is 0.508 e. The number of piperidine rings is 1. The molecule has 0 aromatic heterocycles. The van der Waals surface area contributed by atoms with Crippen LogP contribution in [0.3, 0.4) is 0 Å². The molecule has 0 spiro atoms. The van der Waals surface area contributed by atoms with Crippen molar-refractivity contribution < 1.29 is 14.7 Å². The molecule has 1 fully saturated rings. The van der Waals surface area contributed by atoms with Crippen molar-refractivity contribution >= 4 is 17.5 Å². The zero-order valence-corrected chi connectivity index (χ0v) is 19.5. The van der Waals surface area contributed by atoms with E-state index in [4.69, 9.17) is 0 Å². The topological polar surface area (TPSA) is 81.7 Å². The van der Waals surface area contributed by atoms with E-state index in [2.05, 4.69) is 34.6 Å². The van der Waals surface area contributed by atoms with Crippen LogP contribution in [0.15, 0.2) is 42.5 Å². The molecule has 0 bridgehead atoms. The molecule has 6 nitrogen and oxygen atoms in total. The zero-order valence-electron chi connectivity index (χ0n) is 19.5. The van der Waals surface area contributed by atoms with Crippen LogP contribution in [-0.2, 0) is 29.0 Å². The molecule has 1 aliphatic carbocycles. The molecular weight excluding hydrogens is 414 g/mol. The first-order chi connectivity index (χ1) is 16.0. The van der Waals surface area contributed by atoms with E-state index in [1.54, 1.807) is 12.1 Å². The van der Waals surface area contributed by atoms with E-state index in [0.717, 1.165) is 36.9 Å². The summed E-state index contributed by atoms with van der Waals surface area (Å²) in [5, 5.41) is 15.7. The number of hydrogen-bond acceptors (Lipinski definition) is 4. The summed E-state index contributed by atoms with van der Waals surface area (Å²) in [6.07, 6.45) is 5.91. The average molecular weight is 450 g/mol. The molecule has 2 amide bonds. The Morgan fingerprint density at radius 2 is 1.73 bits per heavy atom. The van der Waals surface area contributed by atoms with E-state index in [0.29, 0.717) is 32.6 Å². The highest BCUT2D eigenvalue weighted by molar-refractivity contribution is 5.93. The van der Waals surface area contributed by atoms with Crippen LogP contribution >= 0.6 is 0 Å². The molecule has 4 rings (SSSR count). The quantitative estimate of drug-likeness (QED) is 0.535. The Morgan fingerprint density at radius 1 is 1.00 bits per heavy atom. The normalized spacial score (nSPS) is 20.3. The summed E-state index contributed by atoms with van der Waals surface area (Å²) in [7, 11) is 0. The Bertz CT molecular complexity index is 973. The first-order valence-corrected chi connectivity index (χ1v) is 12.2. The Balaban J connectivity index is 1.45. The second-order valence-electron chi connectivity index (χ2n) is 9.46. The number of fused-ring (bicyclic) bond motifs is 1. The lowest BCUT2D eigenvalue weighted by molar-refractivity contribution is -0.130. The lowest BCUT2D eigenvalue weighted by Gasteiger charge is -2.36. The summed E-state index contributed by atoms with van der Waals surface area (Å²) in [5.41, 5.74) is 4.62. The highest BCUT2D eigenvalue weighted by Gasteiger charge is 2.35. The molecule has 2 aromatic carbocycles. The number of aromatic hydroxyl groups is 1. The minimum Gasteiger partial charge on any atom is -0.508 e. The summed E-state index contributed by atoms with van der Waals surface area (Å²) in [5.74, 6) is -0.226. The summed E-state index contributed by atoms with van der Waals surface area (Å²) in [4.78, 5) is 28.3. The number of hydrogen-bond donors (Lipinski definition) is 3. The summed E-state index contributed by atoms with van der Waals surface area (Å²) >= 11 is 0. The smallest absolute Gasteiger partial charge is 0.228 e. The maximum Gasteiger partial charge on any atom is 0.228 e. The molecule has 1 heterocycles. The number of anilines is 1. The highest BCUT2D eigenvalue weighted by atomic mass is 16.3. The number of benzene rings is 2. The minimum atomic E-state index is -0.258. The van der Waals surface area contributed by atoms with Gasteiger partial charge in [-0.15, -0.1) is 0 Å². The number of carbonyl (C=O) groups is 2. The van der Waals surface area contributed by atoms with Gasteiger partial charge in [-0.25, -0.2) is 0 Å². The van der Waals surface area contributed by atoms with E-state index >= 15 is 0 Å². The molecule has 33 heavy (non-hydrogen) atoms. The number of likely N-dealkylation sites (tertiary alicyclic amines) is 1. The van der Waals surface area contributed by atoms with Gasteiger partial charge < -0.3 is 15.7 Å². The SMILES string of the molecule is CCCCNC(=O)[C@H]1C[C@@H](C(=O)Nc2ccc3c(c2)CCC3)CN(Cc2ccc(O)cc2)C1. The maximum absolute atomic E-state index is 13.2. The Labute approximate surface area is 196 Å². The fraction of sp³-hybridized carbons (Fsp3) is 0.481. The average Bonchev–Trinajstić information content (AvgIpc) is 3.28. The number of nitrogens with zero attached hydrogens (tertiary/aromatic N) is 1. The molecular formula is C27H35N3O3. The van der Waals surface area contributed by atoms with Gasteiger partial charge in [-0.2, -0.15) is 0 Å². The van der Waals surface area contributed by atoms with Crippen LogP contribution in [0.2, 0.25) is 0 Å². The highest BCUT2D eigenvalue weighted by Crippen LogP contribution is 2.28. The number of nitrogens with one attached hydrogen (secondary N) is 2. The minimum absolute atomic E-state index is 0.0188. The van der Waals surface area contributed by atoms with E-state index in [9.17, 15) is 14.7 Å². The van der Waals surface area contributed by atoms with Gasteiger partial charge in [-0.3, -0.25) is 14.5 Å². The predicted molar refractivity (Wildman–Crippen MR) is 130 cm³/mol. The van der Waals surface area contributed by atoms with E-state index in [1.165, 1.54) is 17.5 Å². The third kappa shape index (κ3) is 6.14. The van der Waals surface area contributed by atoms with Crippen LogP contribution < -0.4 is 10.6 Å². The number of unbranched alkanes of at least 4 members (excludes halogenated alkanes) is 1. The third-order valence-electron chi connectivity index (χ3n) is 6.81. The van der Waals surface area contributed by atoms with Crippen LogP contribution in [0.4, 0.5) is 5.69 Å². The monoisotopic (exact) mass is 449 g/mol. The second kappa shape index (κ2) is 10.8. The van der Waals surface area contributed by atoms with Crippen molar-refractivity contribution in [2.24, 2.45) is 11.8 Å². The number of carbonyl (C=O) groups excluding carboxylic acids is 2. The molecule has 0 saturated carbocycles. The first-order valence-electron chi connectivity index (χ1n) is 12.2.